The molecule has 2 aromatic heterocycles. The predicted molar refractivity (Wildman–Crippen MR) is 109 cm³/mol. The molecule has 3 N–H and O–H groups in total. The second-order valence-corrected chi connectivity index (χ2v) is 8.13. The van der Waals surface area contributed by atoms with E-state index in [0.29, 0.717) is 30.5 Å². The summed E-state index contributed by atoms with van der Waals surface area (Å²) in [5.74, 6) is 2.19. The van der Waals surface area contributed by atoms with E-state index < -0.39 is 10.0 Å². The lowest BCUT2D eigenvalue weighted by atomic mass is 10.3. The Bertz CT molecular complexity index is 1060. The monoisotopic (exact) mass is 415 g/mol. The van der Waals surface area contributed by atoms with Crippen LogP contribution >= 0.6 is 0 Å². The summed E-state index contributed by atoms with van der Waals surface area (Å²) in [5, 5.41) is 3.25. The molecule has 0 saturated carbocycles. The van der Waals surface area contributed by atoms with Gasteiger partial charge in [0.2, 0.25) is 0 Å². The maximum atomic E-state index is 12.2. The third-order valence-corrected chi connectivity index (χ3v) is 5.64. The highest BCUT2D eigenvalue weighted by molar-refractivity contribution is 7.92. The molecular formula is C18H21N7O3S. The zero-order chi connectivity index (χ0) is 20.3. The van der Waals surface area contributed by atoms with Gasteiger partial charge in [-0.1, -0.05) is 0 Å². The fourth-order valence-electron chi connectivity index (χ4n) is 2.94. The van der Waals surface area contributed by atoms with Crippen LogP contribution in [0.5, 0.6) is 0 Å². The van der Waals surface area contributed by atoms with E-state index in [-0.39, 0.29) is 5.03 Å². The van der Waals surface area contributed by atoms with Crippen LogP contribution in [0.1, 0.15) is 5.82 Å². The SMILES string of the molecule is Cc1nc(Nc2ccc(NS(=O)(=O)c3cnc[nH]3)cc2)cc(N2CCOCC2)n1. The van der Waals surface area contributed by atoms with Crippen molar-refractivity contribution >= 4 is 33.0 Å². The minimum Gasteiger partial charge on any atom is -0.378 e. The first-order valence-corrected chi connectivity index (χ1v) is 10.5. The zero-order valence-electron chi connectivity index (χ0n) is 15.8. The van der Waals surface area contributed by atoms with Crippen molar-refractivity contribution in [3.05, 3.63) is 48.7 Å². The normalized spacial score (nSPS) is 14.6. The van der Waals surface area contributed by atoms with E-state index in [1.54, 1.807) is 24.3 Å². The Morgan fingerprint density at radius 3 is 2.52 bits per heavy atom. The van der Waals surface area contributed by atoms with E-state index in [4.69, 9.17) is 4.74 Å². The standard InChI is InChI=1S/C18H21N7O3S/c1-13-21-16(10-17(22-13)25-6-8-28-9-7-25)23-14-2-4-15(5-3-14)24-29(26,27)18-11-19-12-20-18/h2-5,10-12,24H,6-9H2,1H3,(H,19,20)(H,21,22,23). The van der Waals surface area contributed by atoms with Crippen molar-refractivity contribution in [3.8, 4) is 0 Å². The molecule has 3 heterocycles. The molecule has 0 unspecified atom stereocenters. The second-order valence-electron chi connectivity index (χ2n) is 6.48. The smallest absolute Gasteiger partial charge is 0.278 e. The van der Waals surface area contributed by atoms with Crippen LogP contribution in [-0.2, 0) is 14.8 Å². The first-order valence-electron chi connectivity index (χ1n) is 9.06. The molecule has 0 radical (unpaired) electrons. The van der Waals surface area contributed by atoms with Crippen LogP contribution in [0, 0.1) is 6.92 Å². The molecule has 0 amide bonds. The molecule has 1 aliphatic heterocycles. The first-order chi connectivity index (χ1) is 14.0. The summed E-state index contributed by atoms with van der Waals surface area (Å²) in [7, 11) is -3.69. The maximum Gasteiger partial charge on any atom is 0.278 e. The van der Waals surface area contributed by atoms with Gasteiger partial charge in [0, 0.05) is 30.5 Å². The summed E-state index contributed by atoms with van der Waals surface area (Å²) in [5.41, 5.74) is 1.22. The van der Waals surface area contributed by atoms with Gasteiger partial charge < -0.3 is 19.9 Å². The van der Waals surface area contributed by atoms with Crippen LogP contribution < -0.4 is 14.9 Å². The fourth-order valence-corrected chi connectivity index (χ4v) is 3.90. The van der Waals surface area contributed by atoms with Gasteiger partial charge in [-0.05, 0) is 31.2 Å². The average molecular weight is 415 g/mol. The molecule has 0 spiro atoms. The van der Waals surface area contributed by atoms with Crippen LogP contribution in [0.2, 0.25) is 0 Å². The molecule has 1 fully saturated rings. The number of hydrogen-bond acceptors (Lipinski definition) is 8. The van der Waals surface area contributed by atoms with Gasteiger partial charge in [0.05, 0.1) is 25.7 Å². The van der Waals surface area contributed by atoms with Gasteiger partial charge in [-0.15, -0.1) is 0 Å². The number of H-pyrrole nitrogens is 1. The Morgan fingerprint density at radius 2 is 1.83 bits per heavy atom. The van der Waals surface area contributed by atoms with Crippen LogP contribution in [0.25, 0.3) is 0 Å². The molecular weight excluding hydrogens is 394 g/mol. The Hall–Kier alpha value is -3.18. The number of rotatable bonds is 6. The number of imidazole rings is 1. The summed E-state index contributed by atoms with van der Waals surface area (Å²) < 4.78 is 32.4. The summed E-state index contributed by atoms with van der Waals surface area (Å²) in [4.78, 5) is 17.4. The average Bonchev–Trinajstić information content (AvgIpc) is 3.26. The maximum absolute atomic E-state index is 12.2. The first kappa shape index (κ1) is 19.2. The summed E-state index contributed by atoms with van der Waals surface area (Å²) >= 11 is 0. The summed E-state index contributed by atoms with van der Waals surface area (Å²) in [6, 6.07) is 8.79. The van der Waals surface area contributed by atoms with Crippen molar-refractivity contribution in [3.63, 3.8) is 0 Å². The number of nitrogens with zero attached hydrogens (tertiary/aromatic N) is 4. The molecule has 1 aromatic carbocycles. The Balaban J connectivity index is 1.47. The van der Waals surface area contributed by atoms with Gasteiger partial charge in [0.1, 0.15) is 17.5 Å². The molecule has 3 aromatic rings. The molecule has 1 aliphatic rings. The zero-order valence-corrected chi connectivity index (χ0v) is 16.6. The lowest BCUT2D eigenvalue weighted by Gasteiger charge is -2.28. The third-order valence-electron chi connectivity index (χ3n) is 4.33. The number of ether oxygens (including phenoxy) is 1. The van der Waals surface area contributed by atoms with E-state index in [0.717, 1.165) is 24.6 Å². The molecule has 10 nitrogen and oxygen atoms in total. The van der Waals surface area contributed by atoms with Gasteiger partial charge >= 0.3 is 0 Å². The highest BCUT2D eigenvalue weighted by Crippen LogP contribution is 2.22. The molecule has 11 heteroatoms. The fraction of sp³-hybridized carbons (Fsp3) is 0.278. The largest absolute Gasteiger partial charge is 0.378 e. The van der Waals surface area contributed by atoms with Crippen molar-refractivity contribution in [2.75, 3.05) is 41.2 Å². The van der Waals surface area contributed by atoms with E-state index >= 15 is 0 Å². The van der Waals surface area contributed by atoms with Crippen LogP contribution in [0.15, 0.2) is 47.9 Å². The van der Waals surface area contributed by atoms with Crippen molar-refractivity contribution in [1.29, 1.82) is 0 Å². The molecule has 0 bridgehead atoms. The summed E-state index contributed by atoms with van der Waals surface area (Å²) in [6.45, 7) is 4.80. The second kappa shape index (κ2) is 8.05. The minimum atomic E-state index is -3.69. The number of aryl methyl sites for hydroxylation is 1. The lowest BCUT2D eigenvalue weighted by Crippen LogP contribution is -2.36. The number of nitrogens with one attached hydrogen (secondary N) is 3. The van der Waals surface area contributed by atoms with E-state index in [9.17, 15) is 8.42 Å². The van der Waals surface area contributed by atoms with Gasteiger partial charge in [-0.2, -0.15) is 8.42 Å². The van der Waals surface area contributed by atoms with Gasteiger partial charge in [0.15, 0.2) is 5.03 Å². The Morgan fingerprint density at radius 1 is 1.10 bits per heavy atom. The molecule has 4 rings (SSSR count). The lowest BCUT2D eigenvalue weighted by molar-refractivity contribution is 0.122. The molecule has 152 valence electrons. The number of aromatic amines is 1. The molecule has 0 atom stereocenters. The van der Waals surface area contributed by atoms with Gasteiger partial charge in [-0.3, -0.25) is 4.72 Å². The highest BCUT2D eigenvalue weighted by atomic mass is 32.2. The Kier molecular flexibility index (Phi) is 5.32. The quantitative estimate of drug-likeness (QED) is 0.557. The van der Waals surface area contributed by atoms with Crippen LogP contribution in [0.3, 0.4) is 0 Å². The minimum absolute atomic E-state index is 0.00630. The topological polar surface area (TPSA) is 125 Å². The van der Waals surface area contributed by atoms with Crippen molar-refractivity contribution in [2.24, 2.45) is 0 Å². The van der Waals surface area contributed by atoms with E-state index in [1.165, 1.54) is 12.5 Å². The van der Waals surface area contributed by atoms with Gasteiger partial charge in [0.25, 0.3) is 10.0 Å². The van der Waals surface area contributed by atoms with E-state index in [1.807, 2.05) is 13.0 Å². The number of hydrogen-bond donors (Lipinski definition) is 3. The van der Waals surface area contributed by atoms with Crippen LogP contribution in [0.4, 0.5) is 23.0 Å². The number of aromatic nitrogens is 4. The number of benzene rings is 1. The van der Waals surface area contributed by atoms with Crippen LogP contribution in [-0.4, -0.2) is 54.7 Å². The van der Waals surface area contributed by atoms with E-state index in [2.05, 4.69) is 34.9 Å². The predicted octanol–water partition coefficient (Wildman–Crippen LogP) is 1.89. The van der Waals surface area contributed by atoms with Crippen molar-refractivity contribution < 1.29 is 13.2 Å². The Labute approximate surface area is 168 Å². The number of anilines is 4. The van der Waals surface area contributed by atoms with Crippen molar-refractivity contribution in [1.82, 2.24) is 19.9 Å². The summed E-state index contributed by atoms with van der Waals surface area (Å²) in [6.07, 6.45) is 2.57. The highest BCUT2D eigenvalue weighted by Gasteiger charge is 2.16. The number of sulfonamides is 1. The number of morpholine rings is 1. The van der Waals surface area contributed by atoms with Crippen molar-refractivity contribution in [2.45, 2.75) is 11.9 Å². The van der Waals surface area contributed by atoms with Gasteiger partial charge in [-0.25, -0.2) is 15.0 Å². The molecule has 0 aliphatic carbocycles. The molecule has 1 saturated heterocycles. The molecule has 29 heavy (non-hydrogen) atoms. The third kappa shape index (κ3) is 4.63.